The fraction of sp³-hybridized carbons (Fsp3) is 0.550. The van der Waals surface area contributed by atoms with Gasteiger partial charge in [-0.25, -0.2) is 9.97 Å². The number of aryl methyl sites for hydroxylation is 1. The van der Waals surface area contributed by atoms with Crippen molar-refractivity contribution in [1.29, 1.82) is 0 Å². The minimum Gasteiger partial charge on any atom is -0.342 e. The van der Waals surface area contributed by atoms with Gasteiger partial charge in [-0.2, -0.15) is 0 Å². The van der Waals surface area contributed by atoms with Crippen molar-refractivity contribution in [3.8, 4) is 0 Å². The van der Waals surface area contributed by atoms with Gasteiger partial charge < -0.3 is 4.90 Å². The lowest BCUT2D eigenvalue weighted by Gasteiger charge is -2.34. The Morgan fingerprint density at radius 3 is 2.42 bits per heavy atom. The van der Waals surface area contributed by atoms with Crippen LogP contribution in [0.1, 0.15) is 24.4 Å². The lowest BCUT2D eigenvalue weighted by Crippen LogP contribution is -2.49. The quantitative estimate of drug-likeness (QED) is 0.837. The predicted octanol–water partition coefficient (Wildman–Crippen LogP) is 1.68. The van der Waals surface area contributed by atoms with Crippen LogP contribution in [0.2, 0.25) is 0 Å². The monoisotopic (exact) mass is 353 g/mol. The normalized spacial score (nSPS) is 19.3. The standard InChI is InChI=1S/C20H27N5O/c1-16-17-6-2-3-7-18(17)22-19(21-16)14-23-10-12-24(13-11-23)15-20(26)25-8-4-5-9-25/h2-3,6-7H,4-5,8-15H2,1H3. The van der Waals surface area contributed by atoms with Crippen LogP contribution < -0.4 is 0 Å². The van der Waals surface area contributed by atoms with Gasteiger partial charge in [0.05, 0.1) is 18.6 Å². The summed E-state index contributed by atoms with van der Waals surface area (Å²) in [7, 11) is 0. The van der Waals surface area contributed by atoms with Crippen molar-refractivity contribution in [3.05, 3.63) is 35.8 Å². The second-order valence-electron chi connectivity index (χ2n) is 7.38. The number of likely N-dealkylation sites (tertiary alicyclic amines) is 1. The zero-order chi connectivity index (χ0) is 17.9. The molecule has 1 aromatic heterocycles. The molecule has 2 aliphatic heterocycles. The third-order valence-electron chi connectivity index (χ3n) is 5.49. The van der Waals surface area contributed by atoms with Crippen molar-refractivity contribution in [2.24, 2.45) is 0 Å². The summed E-state index contributed by atoms with van der Waals surface area (Å²) in [5.41, 5.74) is 2.06. The van der Waals surface area contributed by atoms with Gasteiger partial charge in [0, 0.05) is 50.3 Å². The van der Waals surface area contributed by atoms with Crippen LogP contribution in [-0.4, -0.2) is 76.4 Å². The maximum Gasteiger partial charge on any atom is 0.236 e. The number of benzene rings is 1. The van der Waals surface area contributed by atoms with Gasteiger partial charge in [-0.05, 0) is 25.8 Å². The number of piperazine rings is 1. The number of hydrogen-bond donors (Lipinski definition) is 0. The zero-order valence-electron chi connectivity index (χ0n) is 15.5. The van der Waals surface area contributed by atoms with Crippen LogP contribution in [0, 0.1) is 6.92 Å². The van der Waals surface area contributed by atoms with Gasteiger partial charge >= 0.3 is 0 Å². The summed E-state index contributed by atoms with van der Waals surface area (Å²) >= 11 is 0. The molecule has 2 aliphatic rings. The van der Waals surface area contributed by atoms with E-state index in [1.165, 1.54) is 0 Å². The highest BCUT2D eigenvalue weighted by atomic mass is 16.2. The van der Waals surface area contributed by atoms with Gasteiger partial charge in [-0.15, -0.1) is 0 Å². The van der Waals surface area contributed by atoms with Crippen LogP contribution in [0.15, 0.2) is 24.3 Å². The molecular weight excluding hydrogens is 326 g/mol. The molecule has 0 atom stereocenters. The van der Waals surface area contributed by atoms with E-state index in [1.807, 2.05) is 17.0 Å². The minimum absolute atomic E-state index is 0.296. The molecule has 138 valence electrons. The number of hydrogen-bond acceptors (Lipinski definition) is 5. The van der Waals surface area contributed by atoms with Crippen molar-refractivity contribution < 1.29 is 4.79 Å². The molecule has 0 unspecified atom stereocenters. The van der Waals surface area contributed by atoms with Crippen molar-refractivity contribution >= 4 is 16.8 Å². The Hall–Kier alpha value is -2.05. The SMILES string of the molecule is Cc1nc(CN2CCN(CC(=O)N3CCCC3)CC2)nc2ccccc12. The van der Waals surface area contributed by atoms with E-state index < -0.39 is 0 Å². The van der Waals surface area contributed by atoms with Crippen molar-refractivity contribution in [2.45, 2.75) is 26.3 Å². The molecular formula is C20H27N5O. The Bertz CT molecular complexity index is 779. The number of para-hydroxylation sites is 1. The van der Waals surface area contributed by atoms with Crippen LogP contribution in [0.4, 0.5) is 0 Å². The summed E-state index contributed by atoms with van der Waals surface area (Å²) in [6.07, 6.45) is 2.31. The van der Waals surface area contributed by atoms with Gasteiger partial charge in [0.1, 0.15) is 5.82 Å². The lowest BCUT2D eigenvalue weighted by molar-refractivity contribution is -0.131. The summed E-state index contributed by atoms with van der Waals surface area (Å²) in [6.45, 7) is 9.08. The molecule has 2 saturated heterocycles. The predicted molar refractivity (Wildman–Crippen MR) is 102 cm³/mol. The molecule has 26 heavy (non-hydrogen) atoms. The molecule has 1 aromatic carbocycles. The third kappa shape index (κ3) is 3.86. The van der Waals surface area contributed by atoms with E-state index in [0.717, 1.165) is 81.1 Å². The van der Waals surface area contributed by atoms with Crippen LogP contribution in [0.5, 0.6) is 0 Å². The molecule has 0 bridgehead atoms. The van der Waals surface area contributed by atoms with Crippen LogP contribution >= 0.6 is 0 Å². The highest BCUT2D eigenvalue weighted by molar-refractivity contribution is 5.80. The first kappa shape index (κ1) is 17.4. The molecule has 4 rings (SSSR count). The number of carbonyl (C=O) groups is 1. The summed E-state index contributed by atoms with van der Waals surface area (Å²) in [6, 6.07) is 8.18. The Balaban J connectivity index is 1.32. The van der Waals surface area contributed by atoms with Crippen molar-refractivity contribution in [1.82, 2.24) is 24.7 Å². The fourth-order valence-electron chi connectivity index (χ4n) is 3.93. The van der Waals surface area contributed by atoms with E-state index in [9.17, 15) is 4.79 Å². The lowest BCUT2D eigenvalue weighted by atomic mass is 10.2. The highest BCUT2D eigenvalue weighted by Crippen LogP contribution is 2.16. The average Bonchev–Trinajstić information content (AvgIpc) is 3.18. The number of fused-ring (bicyclic) bond motifs is 1. The molecule has 0 radical (unpaired) electrons. The first-order chi connectivity index (χ1) is 12.7. The summed E-state index contributed by atoms with van der Waals surface area (Å²) in [4.78, 5) is 28.4. The first-order valence-electron chi connectivity index (χ1n) is 9.64. The maximum absolute atomic E-state index is 12.3. The molecule has 0 aliphatic carbocycles. The average molecular weight is 353 g/mol. The molecule has 0 saturated carbocycles. The largest absolute Gasteiger partial charge is 0.342 e. The van der Waals surface area contributed by atoms with E-state index in [1.54, 1.807) is 0 Å². The second-order valence-corrected chi connectivity index (χ2v) is 7.38. The Morgan fingerprint density at radius 1 is 0.962 bits per heavy atom. The summed E-state index contributed by atoms with van der Waals surface area (Å²) in [5, 5.41) is 1.13. The minimum atomic E-state index is 0.296. The molecule has 2 aromatic rings. The molecule has 6 heteroatoms. The molecule has 2 fully saturated rings. The first-order valence-corrected chi connectivity index (χ1v) is 9.64. The van der Waals surface area contributed by atoms with Gasteiger partial charge in [0.25, 0.3) is 0 Å². The zero-order valence-corrected chi connectivity index (χ0v) is 15.5. The van der Waals surface area contributed by atoms with E-state index in [4.69, 9.17) is 4.98 Å². The summed E-state index contributed by atoms with van der Waals surface area (Å²) < 4.78 is 0. The Labute approximate surface area is 154 Å². The van der Waals surface area contributed by atoms with E-state index in [-0.39, 0.29) is 0 Å². The topological polar surface area (TPSA) is 52.6 Å². The van der Waals surface area contributed by atoms with Gasteiger partial charge in [-0.3, -0.25) is 14.6 Å². The summed E-state index contributed by atoms with van der Waals surface area (Å²) in [5.74, 6) is 1.19. The number of nitrogens with zero attached hydrogens (tertiary/aromatic N) is 5. The Kier molecular flexibility index (Phi) is 5.13. The maximum atomic E-state index is 12.3. The molecule has 3 heterocycles. The molecule has 0 spiro atoms. The van der Waals surface area contributed by atoms with Crippen LogP contribution in [0.3, 0.4) is 0 Å². The number of carbonyl (C=O) groups excluding carboxylic acids is 1. The molecule has 0 N–H and O–H groups in total. The van der Waals surface area contributed by atoms with Gasteiger partial charge in [0.15, 0.2) is 0 Å². The third-order valence-corrected chi connectivity index (χ3v) is 5.49. The van der Waals surface area contributed by atoms with Crippen LogP contribution in [-0.2, 0) is 11.3 Å². The number of rotatable bonds is 4. The Morgan fingerprint density at radius 2 is 1.65 bits per heavy atom. The fourth-order valence-corrected chi connectivity index (χ4v) is 3.93. The highest BCUT2D eigenvalue weighted by Gasteiger charge is 2.23. The second kappa shape index (κ2) is 7.68. The van der Waals surface area contributed by atoms with Gasteiger partial charge in [0.2, 0.25) is 5.91 Å². The van der Waals surface area contributed by atoms with E-state index in [0.29, 0.717) is 12.5 Å². The van der Waals surface area contributed by atoms with E-state index >= 15 is 0 Å². The number of aromatic nitrogens is 2. The van der Waals surface area contributed by atoms with Crippen LogP contribution in [0.25, 0.3) is 10.9 Å². The molecule has 6 nitrogen and oxygen atoms in total. The van der Waals surface area contributed by atoms with E-state index in [2.05, 4.69) is 33.8 Å². The van der Waals surface area contributed by atoms with Crippen molar-refractivity contribution in [2.75, 3.05) is 45.8 Å². The van der Waals surface area contributed by atoms with Crippen molar-refractivity contribution in [3.63, 3.8) is 0 Å². The molecule has 1 amide bonds. The van der Waals surface area contributed by atoms with Gasteiger partial charge in [-0.1, -0.05) is 18.2 Å². The number of amides is 1. The smallest absolute Gasteiger partial charge is 0.236 e.